The van der Waals surface area contributed by atoms with Crippen molar-refractivity contribution >= 4 is 0 Å². The van der Waals surface area contributed by atoms with E-state index in [0.717, 1.165) is 5.41 Å². The minimum absolute atomic E-state index is 0.983. The predicted octanol–water partition coefficient (Wildman–Crippen LogP) is 3.22. The fourth-order valence-electron chi connectivity index (χ4n) is 4.18. The minimum atomic E-state index is 0.983. The van der Waals surface area contributed by atoms with Gasteiger partial charge in [0.1, 0.15) is 0 Å². The van der Waals surface area contributed by atoms with Gasteiger partial charge in [-0.1, -0.05) is 0 Å². The van der Waals surface area contributed by atoms with Crippen molar-refractivity contribution in [2.75, 3.05) is 0 Å². The van der Waals surface area contributed by atoms with Gasteiger partial charge < -0.3 is 0 Å². The fraction of sp³-hybridized carbons (Fsp3) is 1.00. The average Bonchev–Trinajstić information content (AvgIpc) is 2.96. The van der Waals surface area contributed by atoms with Crippen LogP contribution in [0, 0.1) is 29.1 Å². The maximum absolute atomic E-state index is 1.63. The van der Waals surface area contributed by atoms with Crippen molar-refractivity contribution in [3.05, 3.63) is 0 Å². The van der Waals surface area contributed by atoms with E-state index in [1.807, 2.05) is 0 Å². The van der Waals surface area contributed by atoms with Crippen molar-refractivity contribution in [2.24, 2.45) is 29.1 Å². The van der Waals surface area contributed by atoms with Crippen molar-refractivity contribution in [2.45, 2.75) is 44.9 Å². The first-order valence-corrected chi connectivity index (χ1v) is 5.88. The van der Waals surface area contributed by atoms with Gasteiger partial charge in [-0.25, -0.2) is 0 Å². The molecule has 0 aliphatic heterocycles. The average molecular weight is 162 g/mol. The van der Waals surface area contributed by atoms with E-state index < -0.39 is 0 Å². The van der Waals surface area contributed by atoms with Crippen LogP contribution in [0.2, 0.25) is 0 Å². The van der Waals surface area contributed by atoms with Crippen LogP contribution in [-0.4, -0.2) is 0 Å². The Morgan fingerprint density at radius 2 is 1.33 bits per heavy atom. The van der Waals surface area contributed by atoms with Gasteiger partial charge in [0, 0.05) is 0 Å². The van der Waals surface area contributed by atoms with Crippen molar-refractivity contribution in [1.29, 1.82) is 0 Å². The third-order valence-corrected chi connectivity index (χ3v) is 5.40. The highest BCUT2D eigenvalue weighted by molar-refractivity contribution is 5.18. The molecule has 0 N–H and O–H groups in total. The molecule has 0 amide bonds. The second kappa shape index (κ2) is 1.76. The second-order valence-electron chi connectivity index (χ2n) is 5.95. The maximum Gasteiger partial charge on any atom is -0.0235 e. The summed E-state index contributed by atoms with van der Waals surface area (Å²) in [6.07, 6.45) is 11.3. The van der Waals surface area contributed by atoms with Gasteiger partial charge in [-0.2, -0.15) is 0 Å². The van der Waals surface area contributed by atoms with Crippen LogP contribution in [0.4, 0.5) is 0 Å². The molecule has 4 aliphatic carbocycles. The van der Waals surface area contributed by atoms with Crippen LogP contribution in [0.5, 0.6) is 0 Å². The Kier molecular flexibility index (Phi) is 0.946. The lowest BCUT2D eigenvalue weighted by molar-refractivity contribution is 0.552. The largest absolute Gasteiger partial charge is 0.0499 e. The highest BCUT2D eigenvalue weighted by Gasteiger charge is 2.69. The molecule has 1 spiro atoms. The molecule has 4 atom stereocenters. The molecule has 4 rings (SSSR count). The molecule has 0 bridgehead atoms. The molecule has 0 aromatic carbocycles. The summed E-state index contributed by atoms with van der Waals surface area (Å²) >= 11 is 0. The van der Waals surface area contributed by atoms with Crippen LogP contribution in [0.1, 0.15) is 44.9 Å². The first kappa shape index (κ1) is 6.45. The fourth-order valence-corrected chi connectivity index (χ4v) is 4.18. The molecule has 0 heterocycles. The molecule has 66 valence electrons. The number of hydrogen-bond donors (Lipinski definition) is 0. The molecule has 0 heteroatoms. The van der Waals surface area contributed by atoms with E-state index in [2.05, 4.69) is 0 Å². The van der Waals surface area contributed by atoms with E-state index in [9.17, 15) is 0 Å². The van der Waals surface area contributed by atoms with E-state index in [0.29, 0.717) is 0 Å². The molecule has 0 radical (unpaired) electrons. The molecule has 4 fully saturated rings. The van der Waals surface area contributed by atoms with E-state index in [1.54, 1.807) is 44.9 Å². The van der Waals surface area contributed by atoms with Gasteiger partial charge in [0.2, 0.25) is 0 Å². The van der Waals surface area contributed by atoms with Crippen LogP contribution >= 0.6 is 0 Å². The quantitative estimate of drug-likeness (QED) is 0.513. The van der Waals surface area contributed by atoms with Gasteiger partial charge >= 0.3 is 0 Å². The molecule has 4 unspecified atom stereocenters. The van der Waals surface area contributed by atoms with Gasteiger partial charge in [-0.3, -0.25) is 0 Å². The van der Waals surface area contributed by atoms with Crippen LogP contribution in [-0.2, 0) is 0 Å². The highest BCUT2D eigenvalue weighted by atomic mass is 14.7. The summed E-state index contributed by atoms with van der Waals surface area (Å²) in [6, 6.07) is 0. The number of fused-ring (bicyclic) bond motifs is 1. The van der Waals surface area contributed by atoms with Gasteiger partial charge in [0.05, 0.1) is 0 Å². The molecule has 12 heavy (non-hydrogen) atoms. The van der Waals surface area contributed by atoms with Crippen LogP contribution in [0.25, 0.3) is 0 Å². The smallest absolute Gasteiger partial charge is 0.0235 e. The molecular weight excluding hydrogens is 144 g/mol. The van der Waals surface area contributed by atoms with Crippen LogP contribution in [0.3, 0.4) is 0 Å². The van der Waals surface area contributed by atoms with Crippen molar-refractivity contribution in [3.8, 4) is 0 Å². The summed E-state index contributed by atoms with van der Waals surface area (Å²) in [4.78, 5) is 0. The first-order chi connectivity index (χ1) is 5.88. The summed E-state index contributed by atoms with van der Waals surface area (Å²) in [5, 5.41) is 0. The van der Waals surface area contributed by atoms with Gasteiger partial charge in [-0.05, 0) is 74.0 Å². The molecule has 0 aromatic rings. The Balaban J connectivity index is 1.55. The zero-order valence-electron chi connectivity index (χ0n) is 7.76. The predicted molar refractivity (Wildman–Crippen MR) is 48.7 cm³/mol. The third-order valence-electron chi connectivity index (χ3n) is 5.40. The molecule has 4 saturated carbocycles. The zero-order chi connectivity index (χ0) is 7.76. The SMILES string of the molecule is C1CC2CC23CC3CCC2CC12. The topological polar surface area (TPSA) is 0 Å². The lowest BCUT2D eigenvalue weighted by atomic mass is 10.1. The Morgan fingerprint density at radius 3 is 1.92 bits per heavy atom. The minimum Gasteiger partial charge on any atom is -0.0499 e. The maximum atomic E-state index is 1.63. The van der Waals surface area contributed by atoms with Gasteiger partial charge in [0.15, 0.2) is 0 Å². The first-order valence-electron chi connectivity index (χ1n) is 5.88. The van der Waals surface area contributed by atoms with Crippen molar-refractivity contribution < 1.29 is 0 Å². The van der Waals surface area contributed by atoms with E-state index in [4.69, 9.17) is 0 Å². The summed E-state index contributed by atoms with van der Waals surface area (Å²) in [5.41, 5.74) is 0.983. The zero-order valence-corrected chi connectivity index (χ0v) is 7.76. The summed E-state index contributed by atoms with van der Waals surface area (Å²) in [6.45, 7) is 0. The Hall–Kier alpha value is 0. The van der Waals surface area contributed by atoms with Gasteiger partial charge in [0.25, 0.3) is 0 Å². The molecule has 0 nitrogen and oxygen atoms in total. The van der Waals surface area contributed by atoms with E-state index in [-0.39, 0.29) is 0 Å². The monoisotopic (exact) mass is 162 g/mol. The lowest BCUT2D eigenvalue weighted by Crippen LogP contribution is -1.85. The number of hydrogen-bond acceptors (Lipinski definition) is 0. The van der Waals surface area contributed by atoms with Gasteiger partial charge in [-0.15, -0.1) is 0 Å². The standard InChI is InChI=1S/C12H18/c1-3-10-6-12(10)7-11(12)4-2-9-5-8(1)9/h8-11H,1-7H2. The van der Waals surface area contributed by atoms with Crippen molar-refractivity contribution in [1.82, 2.24) is 0 Å². The van der Waals surface area contributed by atoms with E-state index in [1.165, 1.54) is 23.7 Å². The highest BCUT2D eigenvalue weighted by Crippen LogP contribution is 2.78. The van der Waals surface area contributed by atoms with Crippen LogP contribution in [0.15, 0.2) is 0 Å². The Bertz CT molecular complexity index is 206. The number of rotatable bonds is 0. The van der Waals surface area contributed by atoms with Crippen LogP contribution < -0.4 is 0 Å². The van der Waals surface area contributed by atoms with E-state index >= 15 is 0 Å². The Morgan fingerprint density at radius 1 is 0.750 bits per heavy atom. The molecule has 4 aliphatic rings. The molecular formula is C12H18. The summed E-state index contributed by atoms with van der Waals surface area (Å²) in [7, 11) is 0. The normalized spacial score (nSPS) is 66.0. The molecule has 0 saturated heterocycles. The second-order valence-corrected chi connectivity index (χ2v) is 5.95. The summed E-state index contributed by atoms with van der Waals surface area (Å²) in [5.74, 6) is 4.81. The third kappa shape index (κ3) is 0.701. The lowest BCUT2D eigenvalue weighted by Gasteiger charge is -1.96. The Labute approximate surface area is 74.7 Å². The molecule has 0 aromatic heterocycles. The van der Waals surface area contributed by atoms with Crippen molar-refractivity contribution in [3.63, 3.8) is 0 Å². The summed E-state index contributed by atoms with van der Waals surface area (Å²) < 4.78 is 0.